The Kier molecular flexibility index (Phi) is 3.42. The first kappa shape index (κ1) is 12.5. The van der Waals surface area contributed by atoms with Crippen molar-refractivity contribution in [1.82, 2.24) is 20.4 Å². The van der Waals surface area contributed by atoms with Crippen LogP contribution in [0.15, 0.2) is 17.3 Å². The largest absolute Gasteiger partial charge is 0.372 e. The van der Waals surface area contributed by atoms with E-state index in [1.54, 1.807) is 0 Å². The first-order valence-electron chi connectivity index (χ1n) is 6.88. The Labute approximate surface area is 113 Å². The Morgan fingerprint density at radius 3 is 3.16 bits per heavy atom. The molecule has 6 heteroatoms. The molecule has 0 spiro atoms. The summed E-state index contributed by atoms with van der Waals surface area (Å²) in [7, 11) is 1.96. The molecule has 2 aliphatic heterocycles. The molecule has 2 N–H and O–H groups in total. The van der Waals surface area contributed by atoms with Crippen LogP contribution in [-0.2, 0) is 11.8 Å². The van der Waals surface area contributed by atoms with Gasteiger partial charge in [0.2, 0.25) is 0 Å². The molecular formula is C13H21N5O. The summed E-state index contributed by atoms with van der Waals surface area (Å²) in [6, 6.07) is 2.48. The Morgan fingerprint density at radius 1 is 1.58 bits per heavy atom. The number of aliphatic imine (C=N–C) groups is 1. The molecule has 0 radical (unpaired) electrons. The van der Waals surface area contributed by atoms with E-state index in [-0.39, 0.29) is 6.10 Å². The van der Waals surface area contributed by atoms with Crippen LogP contribution in [0.25, 0.3) is 0 Å². The van der Waals surface area contributed by atoms with Gasteiger partial charge in [-0.15, -0.1) is 0 Å². The Balaban J connectivity index is 1.60. The Bertz CT molecular complexity index is 469. The van der Waals surface area contributed by atoms with Gasteiger partial charge < -0.3 is 15.4 Å². The monoisotopic (exact) mass is 263 g/mol. The summed E-state index contributed by atoms with van der Waals surface area (Å²) in [4.78, 5) is 4.42. The number of aryl methyl sites for hydroxylation is 1. The van der Waals surface area contributed by atoms with Crippen molar-refractivity contribution in [3.63, 3.8) is 0 Å². The zero-order valence-electron chi connectivity index (χ0n) is 11.5. The van der Waals surface area contributed by atoms with Crippen molar-refractivity contribution >= 4 is 5.96 Å². The second-order valence-corrected chi connectivity index (χ2v) is 5.34. The standard InChI is InChI=1S/C13H21N5O/c1-9-7-14-13(17-9)15-8-10-4-6-19-12(10)11-3-5-16-18(11)2/h3,5,9-10,12H,4,6-8H2,1-2H3,(H2,14,15,17)/t9?,10-,12+/m0/s1. The van der Waals surface area contributed by atoms with E-state index in [1.807, 2.05) is 24.0 Å². The lowest BCUT2D eigenvalue weighted by molar-refractivity contribution is 0.0848. The molecule has 1 saturated heterocycles. The van der Waals surface area contributed by atoms with Crippen LogP contribution in [0.1, 0.15) is 25.1 Å². The van der Waals surface area contributed by atoms with Gasteiger partial charge in [-0.05, 0) is 19.4 Å². The molecule has 104 valence electrons. The second kappa shape index (κ2) is 5.21. The summed E-state index contributed by atoms with van der Waals surface area (Å²) >= 11 is 0. The van der Waals surface area contributed by atoms with Crippen LogP contribution in [0.3, 0.4) is 0 Å². The highest BCUT2D eigenvalue weighted by atomic mass is 16.5. The van der Waals surface area contributed by atoms with E-state index >= 15 is 0 Å². The second-order valence-electron chi connectivity index (χ2n) is 5.34. The van der Waals surface area contributed by atoms with Crippen molar-refractivity contribution in [2.45, 2.75) is 25.5 Å². The van der Waals surface area contributed by atoms with Crippen LogP contribution < -0.4 is 10.6 Å². The van der Waals surface area contributed by atoms with Crippen LogP contribution in [0, 0.1) is 5.92 Å². The first-order chi connectivity index (χ1) is 9.24. The van der Waals surface area contributed by atoms with Gasteiger partial charge in [-0.1, -0.05) is 0 Å². The van der Waals surface area contributed by atoms with Gasteiger partial charge in [-0.3, -0.25) is 9.67 Å². The SMILES string of the molecule is CC1CN=C(NC[C@@H]2CCO[C@H]2c2ccnn2C)N1. The molecule has 3 atom stereocenters. The molecular weight excluding hydrogens is 242 g/mol. The van der Waals surface area contributed by atoms with Crippen LogP contribution >= 0.6 is 0 Å². The molecule has 0 aliphatic carbocycles. The highest BCUT2D eigenvalue weighted by molar-refractivity contribution is 5.81. The van der Waals surface area contributed by atoms with Crippen molar-refractivity contribution in [1.29, 1.82) is 0 Å². The minimum atomic E-state index is 0.138. The number of rotatable bonds is 3. The van der Waals surface area contributed by atoms with Gasteiger partial charge in [0.05, 0.1) is 12.2 Å². The van der Waals surface area contributed by atoms with Crippen LogP contribution in [0.5, 0.6) is 0 Å². The average Bonchev–Trinajstić information content (AvgIpc) is 3.07. The lowest BCUT2D eigenvalue weighted by Crippen LogP contribution is -2.40. The van der Waals surface area contributed by atoms with Gasteiger partial charge >= 0.3 is 0 Å². The number of nitrogens with zero attached hydrogens (tertiary/aromatic N) is 3. The summed E-state index contributed by atoms with van der Waals surface area (Å²) in [6.07, 6.45) is 3.04. The number of guanidine groups is 1. The molecule has 3 rings (SSSR count). The van der Waals surface area contributed by atoms with Crippen molar-refractivity contribution in [2.75, 3.05) is 19.7 Å². The summed E-state index contributed by atoms with van der Waals surface area (Å²) < 4.78 is 7.77. The molecule has 19 heavy (non-hydrogen) atoms. The molecule has 6 nitrogen and oxygen atoms in total. The minimum Gasteiger partial charge on any atom is -0.372 e. The van der Waals surface area contributed by atoms with Crippen LogP contribution in [0.4, 0.5) is 0 Å². The fourth-order valence-corrected chi connectivity index (χ4v) is 2.72. The quantitative estimate of drug-likeness (QED) is 0.830. The summed E-state index contributed by atoms with van der Waals surface area (Å²) in [6.45, 7) is 4.69. The van der Waals surface area contributed by atoms with Crippen molar-refractivity contribution in [3.8, 4) is 0 Å². The molecule has 1 fully saturated rings. The predicted molar refractivity (Wildman–Crippen MR) is 72.9 cm³/mol. The third kappa shape index (κ3) is 2.58. The van der Waals surface area contributed by atoms with E-state index in [9.17, 15) is 0 Å². The minimum absolute atomic E-state index is 0.138. The smallest absolute Gasteiger partial charge is 0.191 e. The zero-order chi connectivity index (χ0) is 13.2. The Hall–Kier alpha value is -1.56. The molecule has 0 aromatic carbocycles. The normalized spacial score (nSPS) is 30.2. The third-order valence-electron chi connectivity index (χ3n) is 3.80. The fourth-order valence-electron chi connectivity index (χ4n) is 2.72. The molecule has 1 unspecified atom stereocenters. The summed E-state index contributed by atoms with van der Waals surface area (Å²) in [5.74, 6) is 1.39. The van der Waals surface area contributed by atoms with Gasteiger partial charge in [0.15, 0.2) is 5.96 Å². The zero-order valence-corrected chi connectivity index (χ0v) is 11.5. The molecule has 2 aliphatic rings. The van der Waals surface area contributed by atoms with Crippen molar-refractivity contribution in [3.05, 3.63) is 18.0 Å². The molecule has 0 amide bonds. The highest BCUT2D eigenvalue weighted by Crippen LogP contribution is 2.33. The molecule has 1 aromatic heterocycles. The van der Waals surface area contributed by atoms with E-state index < -0.39 is 0 Å². The number of hydrogen-bond donors (Lipinski definition) is 2. The maximum absolute atomic E-state index is 5.87. The Morgan fingerprint density at radius 2 is 2.47 bits per heavy atom. The van der Waals surface area contributed by atoms with Gasteiger partial charge in [0.25, 0.3) is 0 Å². The van der Waals surface area contributed by atoms with Gasteiger partial charge in [-0.25, -0.2) is 0 Å². The van der Waals surface area contributed by atoms with Gasteiger partial charge in [-0.2, -0.15) is 5.10 Å². The van der Waals surface area contributed by atoms with Crippen molar-refractivity contribution < 1.29 is 4.74 Å². The first-order valence-corrected chi connectivity index (χ1v) is 6.88. The molecule has 1 aromatic rings. The number of nitrogens with one attached hydrogen (secondary N) is 2. The van der Waals surface area contributed by atoms with E-state index in [4.69, 9.17) is 4.74 Å². The molecule has 0 bridgehead atoms. The number of aromatic nitrogens is 2. The molecule has 3 heterocycles. The topological polar surface area (TPSA) is 63.5 Å². The fraction of sp³-hybridized carbons (Fsp3) is 0.692. The van der Waals surface area contributed by atoms with Gasteiger partial charge in [0.1, 0.15) is 6.10 Å². The van der Waals surface area contributed by atoms with E-state index in [0.29, 0.717) is 12.0 Å². The summed E-state index contributed by atoms with van der Waals surface area (Å²) in [5, 5.41) is 10.9. The van der Waals surface area contributed by atoms with Gasteiger partial charge in [0, 0.05) is 38.4 Å². The number of ether oxygens (including phenoxy) is 1. The highest BCUT2D eigenvalue weighted by Gasteiger charge is 2.31. The maximum atomic E-state index is 5.87. The predicted octanol–water partition coefficient (Wildman–Crippen LogP) is 0.435. The lowest BCUT2D eigenvalue weighted by atomic mass is 9.99. The molecule has 0 saturated carbocycles. The van der Waals surface area contributed by atoms with Crippen LogP contribution in [0.2, 0.25) is 0 Å². The average molecular weight is 263 g/mol. The van der Waals surface area contributed by atoms with Crippen LogP contribution in [-0.4, -0.2) is 41.5 Å². The third-order valence-corrected chi connectivity index (χ3v) is 3.80. The maximum Gasteiger partial charge on any atom is 0.191 e. The van der Waals surface area contributed by atoms with Crippen molar-refractivity contribution in [2.24, 2.45) is 18.0 Å². The summed E-state index contributed by atoms with van der Waals surface area (Å²) in [5.41, 5.74) is 1.15. The lowest BCUT2D eigenvalue weighted by Gasteiger charge is -2.20. The van der Waals surface area contributed by atoms with E-state index in [1.165, 1.54) is 0 Å². The number of hydrogen-bond acceptors (Lipinski definition) is 5. The van der Waals surface area contributed by atoms with E-state index in [0.717, 1.165) is 37.8 Å². The van der Waals surface area contributed by atoms with E-state index in [2.05, 4.69) is 27.6 Å².